The molecule has 0 saturated carbocycles. The van der Waals surface area contributed by atoms with Crippen molar-refractivity contribution in [3.05, 3.63) is 59.2 Å². The molecule has 3 rings (SSSR count). The van der Waals surface area contributed by atoms with Gasteiger partial charge in [0.05, 0.1) is 16.8 Å². The van der Waals surface area contributed by atoms with Gasteiger partial charge in [0.2, 0.25) is 0 Å². The Morgan fingerprint density at radius 3 is 2.46 bits per heavy atom. The lowest BCUT2D eigenvalue weighted by atomic mass is 10.1. The average molecular weight is 350 g/mol. The van der Waals surface area contributed by atoms with Crippen LogP contribution in [0, 0.1) is 0 Å². The number of rotatable bonds is 3. The minimum Gasteiger partial charge on any atom is -0.478 e. The summed E-state index contributed by atoms with van der Waals surface area (Å²) in [7, 11) is 0. The van der Waals surface area contributed by atoms with E-state index in [2.05, 4.69) is 9.97 Å². The van der Waals surface area contributed by atoms with Crippen molar-refractivity contribution in [1.29, 1.82) is 0 Å². The Morgan fingerprint density at radius 1 is 1.12 bits per heavy atom. The zero-order valence-corrected chi connectivity index (χ0v) is 12.7. The van der Waals surface area contributed by atoms with Crippen molar-refractivity contribution in [3.63, 3.8) is 0 Å². The maximum atomic E-state index is 13.1. The summed E-state index contributed by atoms with van der Waals surface area (Å²) in [5.74, 6) is -1.05. The molecule has 2 aromatic heterocycles. The van der Waals surface area contributed by atoms with Gasteiger partial charge in [0.15, 0.2) is 0 Å². The lowest BCUT2D eigenvalue weighted by Gasteiger charge is -2.09. The van der Waals surface area contributed by atoms with Crippen LogP contribution in [0.2, 0.25) is 0 Å². The number of thiazole rings is 1. The standard InChI is InChI=1S/C16H9F3N2O2S/c17-16(18,19)12-5-6-20-7-11(12)14-21-13(8-24-14)9-1-3-10(4-2-9)15(22)23/h1-8H,(H,22,23). The van der Waals surface area contributed by atoms with Crippen LogP contribution in [-0.4, -0.2) is 21.0 Å². The van der Waals surface area contributed by atoms with Gasteiger partial charge < -0.3 is 5.11 Å². The molecule has 0 atom stereocenters. The first-order valence-electron chi connectivity index (χ1n) is 6.67. The number of carbonyl (C=O) groups is 1. The molecule has 0 aliphatic heterocycles. The van der Waals surface area contributed by atoms with Crippen LogP contribution in [0.25, 0.3) is 21.8 Å². The molecular formula is C16H9F3N2O2S. The molecule has 0 amide bonds. The highest BCUT2D eigenvalue weighted by atomic mass is 32.1. The Balaban J connectivity index is 1.99. The zero-order chi connectivity index (χ0) is 17.3. The van der Waals surface area contributed by atoms with Crippen LogP contribution in [-0.2, 0) is 6.18 Å². The van der Waals surface area contributed by atoms with Gasteiger partial charge in [0.1, 0.15) is 5.01 Å². The smallest absolute Gasteiger partial charge is 0.417 e. The van der Waals surface area contributed by atoms with Gasteiger partial charge in [0, 0.05) is 28.9 Å². The molecule has 3 aromatic rings. The number of benzene rings is 1. The van der Waals surface area contributed by atoms with Gasteiger partial charge >= 0.3 is 12.1 Å². The van der Waals surface area contributed by atoms with Crippen molar-refractivity contribution in [3.8, 4) is 21.8 Å². The number of aromatic nitrogens is 2. The molecule has 0 bridgehead atoms. The SMILES string of the molecule is O=C(O)c1ccc(-c2csc(-c3cnccc3C(F)(F)F)n2)cc1. The van der Waals surface area contributed by atoms with E-state index < -0.39 is 17.7 Å². The van der Waals surface area contributed by atoms with Gasteiger partial charge in [-0.3, -0.25) is 4.98 Å². The number of carboxylic acid groups (broad SMARTS) is 1. The van der Waals surface area contributed by atoms with Gasteiger partial charge in [-0.25, -0.2) is 9.78 Å². The number of pyridine rings is 1. The van der Waals surface area contributed by atoms with Crippen molar-refractivity contribution in [2.45, 2.75) is 6.18 Å². The van der Waals surface area contributed by atoms with Crippen LogP contribution in [0.3, 0.4) is 0 Å². The van der Waals surface area contributed by atoms with Crippen molar-refractivity contribution in [1.82, 2.24) is 9.97 Å². The minimum absolute atomic E-state index is 0.0802. The molecule has 0 unspecified atom stereocenters. The van der Waals surface area contributed by atoms with E-state index >= 15 is 0 Å². The number of nitrogens with zero attached hydrogens (tertiary/aromatic N) is 2. The van der Waals surface area contributed by atoms with E-state index in [0.29, 0.717) is 11.3 Å². The van der Waals surface area contributed by atoms with Gasteiger partial charge in [0.25, 0.3) is 0 Å². The summed E-state index contributed by atoms with van der Waals surface area (Å²) in [5.41, 5.74) is 0.354. The molecule has 2 heterocycles. The van der Waals surface area contributed by atoms with Gasteiger partial charge in [-0.1, -0.05) is 12.1 Å². The first kappa shape index (κ1) is 16.1. The Bertz CT molecular complexity index is 889. The predicted octanol–water partition coefficient (Wildman–Crippen LogP) is 4.59. The topological polar surface area (TPSA) is 63.1 Å². The maximum absolute atomic E-state index is 13.1. The normalized spacial score (nSPS) is 11.5. The summed E-state index contributed by atoms with van der Waals surface area (Å²) in [5, 5.41) is 10.7. The molecule has 122 valence electrons. The third-order valence-corrected chi connectivity index (χ3v) is 4.16. The Kier molecular flexibility index (Phi) is 4.06. The molecule has 0 saturated heterocycles. The van der Waals surface area contributed by atoms with Crippen molar-refractivity contribution in [2.75, 3.05) is 0 Å². The molecule has 1 aromatic carbocycles. The fourth-order valence-corrected chi connectivity index (χ4v) is 2.98. The third-order valence-electron chi connectivity index (χ3n) is 3.29. The van der Waals surface area contributed by atoms with Crippen LogP contribution in [0.5, 0.6) is 0 Å². The monoisotopic (exact) mass is 350 g/mol. The lowest BCUT2D eigenvalue weighted by Crippen LogP contribution is -2.07. The van der Waals surface area contributed by atoms with E-state index in [9.17, 15) is 18.0 Å². The van der Waals surface area contributed by atoms with E-state index in [1.807, 2.05) is 0 Å². The van der Waals surface area contributed by atoms with E-state index in [0.717, 1.165) is 29.8 Å². The highest BCUT2D eigenvalue weighted by Gasteiger charge is 2.34. The predicted molar refractivity (Wildman–Crippen MR) is 82.7 cm³/mol. The fourth-order valence-electron chi connectivity index (χ4n) is 2.13. The molecule has 0 radical (unpaired) electrons. The minimum atomic E-state index is -4.49. The highest BCUT2D eigenvalue weighted by Crippen LogP contribution is 2.38. The summed E-state index contributed by atoms with van der Waals surface area (Å²) in [4.78, 5) is 18.8. The molecule has 24 heavy (non-hydrogen) atoms. The average Bonchev–Trinajstić information content (AvgIpc) is 3.04. The van der Waals surface area contributed by atoms with Crippen LogP contribution >= 0.6 is 11.3 Å². The second-order valence-electron chi connectivity index (χ2n) is 4.84. The first-order chi connectivity index (χ1) is 11.4. The van der Waals surface area contributed by atoms with Crippen LogP contribution in [0.1, 0.15) is 15.9 Å². The maximum Gasteiger partial charge on any atom is 0.417 e. The molecule has 0 aliphatic carbocycles. The molecule has 1 N–H and O–H groups in total. The second kappa shape index (κ2) is 6.04. The first-order valence-corrected chi connectivity index (χ1v) is 7.55. The Hall–Kier alpha value is -2.74. The van der Waals surface area contributed by atoms with Crippen molar-refractivity contribution < 1.29 is 23.1 Å². The fraction of sp³-hybridized carbons (Fsp3) is 0.0625. The number of hydrogen-bond acceptors (Lipinski definition) is 4. The molecule has 0 spiro atoms. The number of halogens is 3. The summed E-state index contributed by atoms with van der Waals surface area (Å²) in [6.45, 7) is 0. The third kappa shape index (κ3) is 3.13. The molecule has 8 heteroatoms. The van der Waals surface area contributed by atoms with Gasteiger partial charge in [-0.15, -0.1) is 11.3 Å². The van der Waals surface area contributed by atoms with Crippen molar-refractivity contribution in [2.24, 2.45) is 0 Å². The number of carboxylic acids is 1. The van der Waals surface area contributed by atoms with E-state index in [4.69, 9.17) is 5.11 Å². The lowest BCUT2D eigenvalue weighted by molar-refractivity contribution is -0.137. The largest absolute Gasteiger partial charge is 0.478 e. The number of aromatic carboxylic acids is 1. The van der Waals surface area contributed by atoms with E-state index in [-0.39, 0.29) is 16.1 Å². The summed E-state index contributed by atoms with van der Waals surface area (Å²) in [6.07, 6.45) is -2.27. The second-order valence-corrected chi connectivity index (χ2v) is 5.70. The van der Waals surface area contributed by atoms with Gasteiger partial charge in [-0.05, 0) is 18.2 Å². The van der Waals surface area contributed by atoms with Crippen LogP contribution in [0.15, 0.2) is 48.1 Å². The van der Waals surface area contributed by atoms with Crippen molar-refractivity contribution >= 4 is 17.3 Å². The Labute approximate surface area is 138 Å². The molecule has 0 aliphatic rings. The number of alkyl halides is 3. The summed E-state index contributed by atoms with van der Waals surface area (Å²) >= 11 is 1.07. The quantitative estimate of drug-likeness (QED) is 0.750. The summed E-state index contributed by atoms with van der Waals surface area (Å²) in [6, 6.07) is 6.88. The van der Waals surface area contributed by atoms with E-state index in [1.165, 1.54) is 12.1 Å². The summed E-state index contributed by atoms with van der Waals surface area (Å²) < 4.78 is 39.2. The molecule has 4 nitrogen and oxygen atoms in total. The molecular weight excluding hydrogens is 341 g/mol. The van der Waals surface area contributed by atoms with Crippen LogP contribution < -0.4 is 0 Å². The molecule has 0 fully saturated rings. The van der Waals surface area contributed by atoms with E-state index in [1.54, 1.807) is 17.5 Å². The van der Waals surface area contributed by atoms with Crippen LogP contribution in [0.4, 0.5) is 13.2 Å². The zero-order valence-electron chi connectivity index (χ0n) is 11.9. The highest BCUT2D eigenvalue weighted by molar-refractivity contribution is 7.13. The number of hydrogen-bond donors (Lipinski definition) is 1. The Morgan fingerprint density at radius 2 is 1.83 bits per heavy atom. The van der Waals surface area contributed by atoms with Gasteiger partial charge in [-0.2, -0.15) is 13.2 Å².